The molecule has 4 aromatic rings. The maximum absolute atomic E-state index is 12.9. The predicted octanol–water partition coefficient (Wildman–Crippen LogP) is 4.98. The fourth-order valence-corrected chi connectivity index (χ4v) is 3.91. The third kappa shape index (κ3) is 3.97. The minimum Gasteiger partial charge on any atom is -0.493 e. The summed E-state index contributed by atoms with van der Waals surface area (Å²) in [7, 11) is 1.56. The molecule has 1 atom stereocenters. The van der Waals surface area contributed by atoms with Crippen LogP contribution in [0.4, 0.5) is 8.78 Å². The fourth-order valence-electron chi connectivity index (χ4n) is 3.31. The van der Waals surface area contributed by atoms with Gasteiger partial charge in [-0.2, -0.15) is 8.78 Å². The molecule has 9 heteroatoms. The van der Waals surface area contributed by atoms with E-state index >= 15 is 0 Å². The number of rotatable bonds is 7. The van der Waals surface area contributed by atoms with E-state index in [0.717, 1.165) is 5.39 Å². The number of alkyl halides is 2. The summed E-state index contributed by atoms with van der Waals surface area (Å²) < 4.78 is 38.6. The van der Waals surface area contributed by atoms with Gasteiger partial charge in [-0.15, -0.1) is 0 Å². The number of ether oxygens (including phenoxy) is 1. The van der Waals surface area contributed by atoms with E-state index in [1.54, 1.807) is 44.4 Å². The van der Waals surface area contributed by atoms with Crippen LogP contribution in [0.5, 0.6) is 5.75 Å². The van der Waals surface area contributed by atoms with E-state index in [1.165, 1.54) is 4.57 Å². The van der Waals surface area contributed by atoms with Gasteiger partial charge in [0.25, 0.3) is 5.76 Å². The Kier molecular flexibility index (Phi) is 5.63. The van der Waals surface area contributed by atoms with Crippen LogP contribution < -0.4 is 10.1 Å². The molecule has 156 valence electrons. The van der Waals surface area contributed by atoms with Crippen LogP contribution in [-0.2, 0) is 11.3 Å². The van der Waals surface area contributed by atoms with Crippen molar-refractivity contribution in [3.05, 3.63) is 54.3 Å². The molecule has 4 rings (SSSR count). The molecule has 2 aromatic carbocycles. The second kappa shape index (κ2) is 8.35. The molecule has 0 saturated heterocycles. The lowest BCUT2D eigenvalue weighted by molar-refractivity contribution is -0.122. The molecule has 0 saturated carbocycles. The number of imidazole rings is 1. The molecule has 0 aliphatic carbocycles. The monoisotopic (exact) mass is 431 g/mol. The number of para-hydroxylation sites is 3. The van der Waals surface area contributed by atoms with Crippen LogP contribution in [0.1, 0.15) is 18.7 Å². The minimum absolute atomic E-state index is 0.0995. The first-order valence-corrected chi connectivity index (χ1v) is 10.1. The Bertz CT molecular complexity index is 1200. The number of carbonyl (C=O) groups excluding carboxylic acids is 1. The Morgan fingerprint density at radius 1 is 1.27 bits per heavy atom. The molecule has 1 unspecified atom stereocenters. The van der Waals surface area contributed by atoms with Crippen molar-refractivity contribution in [1.82, 2.24) is 14.9 Å². The zero-order valence-corrected chi connectivity index (χ0v) is 17.1. The summed E-state index contributed by atoms with van der Waals surface area (Å²) in [6, 6.07) is 14.0. The Labute approximate surface area is 175 Å². The van der Waals surface area contributed by atoms with E-state index in [0.29, 0.717) is 39.9 Å². The molecule has 1 amide bonds. The number of aromatic nitrogens is 2. The first-order chi connectivity index (χ1) is 14.5. The van der Waals surface area contributed by atoms with Crippen LogP contribution in [0, 0.1) is 0 Å². The van der Waals surface area contributed by atoms with Gasteiger partial charge in [-0.05, 0) is 43.0 Å². The van der Waals surface area contributed by atoms with Crippen molar-refractivity contribution in [3.63, 3.8) is 0 Å². The van der Waals surface area contributed by atoms with Gasteiger partial charge in [0.1, 0.15) is 12.3 Å². The normalized spacial score (nSPS) is 12.6. The molecule has 6 nitrogen and oxygen atoms in total. The van der Waals surface area contributed by atoms with Crippen molar-refractivity contribution in [2.45, 2.75) is 30.4 Å². The largest absolute Gasteiger partial charge is 0.493 e. The molecule has 0 spiro atoms. The maximum atomic E-state index is 12.9. The first-order valence-electron chi connectivity index (χ1n) is 9.22. The van der Waals surface area contributed by atoms with Gasteiger partial charge in [0.15, 0.2) is 16.5 Å². The van der Waals surface area contributed by atoms with Crippen LogP contribution in [0.25, 0.3) is 22.0 Å². The number of benzene rings is 2. The van der Waals surface area contributed by atoms with Gasteiger partial charge in [-0.3, -0.25) is 4.79 Å². The van der Waals surface area contributed by atoms with E-state index < -0.39 is 11.8 Å². The van der Waals surface area contributed by atoms with Crippen LogP contribution in [0.3, 0.4) is 0 Å². The second-order valence-corrected chi connectivity index (χ2v) is 7.62. The molecule has 0 aliphatic heterocycles. The van der Waals surface area contributed by atoms with Crippen LogP contribution in [0.15, 0.2) is 58.1 Å². The highest BCUT2D eigenvalue weighted by atomic mass is 32.2. The number of thioether (sulfide) groups is 1. The summed E-state index contributed by atoms with van der Waals surface area (Å²) in [6.45, 7) is 1.66. The predicted molar refractivity (Wildman–Crippen MR) is 111 cm³/mol. The Morgan fingerprint density at radius 3 is 2.83 bits per heavy atom. The summed E-state index contributed by atoms with van der Waals surface area (Å²) >= 11 is 0.321. The Balaban J connectivity index is 1.55. The minimum atomic E-state index is -2.63. The van der Waals surface area contributed by atoms with Crippen LogP contribution in [-0.4, -0.2) is 28.3 Å². The van der Waals surface area contributed by atoms with Gasteiger partial charge in [0.2, 0.25) is 5.91 Å². The lowest BCUT2D eigenvalue weighted by Gasteiger charge is -2.13. The third-order valence-electron chi connectivity index (χ3n) is 4.67. The summed E-state index contributed by atoms with van der Waals surface area (Å²) in [6.07, 6.45) is 0. The van der Waals surface area contributed by atoms with Crippen molar-refractivity contribution < 1.29 is 22.7 Å². The molecule has 0 aliphatic rings. The quantitative estimate of drug-likeness (QED) is 0.418. The number of hydrogen-bond donors (Lipinski definition) is 1. The topological polar surface area (TPSA) is 69.3 Å². The smallest absolute Gasteiger partial charge is 0.291 e. The van der Waals surface area contributed by atoms with Crippen molar-refractivity contribution >= 4 is 39.7 Å². The van der Waals surface area contributed by atoms with Gasteiger partial charge >= 0.3 is 0 Å². The molecule has 2 heterocycles. The number of nitrogens with zero attached hydrogens (tertiary/aromatic N) is 2. The van der Waals surface area contributed by atoms with E-state index in [4.69, 9.17) is 9.15 Å². The molecular weight excluding hydrogens is 412 g/mol. The standard InChI is InChI=1S/C21H19F2N3O3S/c1-12(17-10-13-6-5-9-16(28-2)19(13)29-17)24-18(27)11-26-15-8-4-3-7-14(15)25-21(26)30-20(22)23/h3-10,12,20H,11H2,1-2H3,(H,24,27). The van der Waals surface area contributed by atoms with Gasteiger partial charge in [0.05, 0.1) is 24.2 Å². The zero-order chi connectivity index (χ0) is 21.3. The SMILES string of the molecule is COc1cccc2cc(C(C)NC(=O)Cn3c(SC(F)F)nc4ccccc43)oc12. The van der Waals surface area contributed by atoms with E-state index in [9.17, 15) is 13.6 Å². The Hall–Kier alpha value is -3.07. The molecule has 0 fully saturated rings. The number of fused-ring (bicyclic) bond motifs is 2. The molecular formula is C21H19F2N3O3S. The molecule has 0 radical (unpaired) electrons. The number of carbonyl (C=O) groups is 1. The van der Waals surface area contributed by atoms with Gasteiger partial charge < -0.3 is 19.0 Å². The van der Waals surface area contributed by atoms with Crippen molar-refractivity contribution in [2.24, 2.45) is 0 Å². The van der Waals surface area contributed by atoms with E-state index in [2.05, 4.69) is 10.3 Å². The van der Waals surface area contributed by atoms with Crippen LogP contribution >= 0.6 is 11.8 Å². The fraction of sp³-hybridized carbons (Fsp3) is 0.238. The molecule has 30 heavy (non-hydrogen) atoms. The average Bonchev–Trinajstić information content (AvgIpc) is 3.29. The lowest BCUT2D eigenvalue weighted by atomic mass is 10.2. The molecule has 2 aromatic heterocycles. The number of furan rings is 1. The summed E-state index contributed by atoms with van der Waals surface area (Å²) in [5.74, 6) is -1.79. The summed E-state index contributed by atoms with van der Waals surface area (Å²) in [4.78, 5) is 16.9. The second-order valence-electron chi connectivity index (χ2n) is 6.66. The molecule has 1 N–H and O–H groups in total. The van der Waals surface area contributed by atoms with Gasteiger partial charge in [-0.25, -0.2) is 4.98 Å². The first kappa shape index (κ1) is 20.2. The number of halogens is 2. The Morgan fingerprint density at radius 2 is 2.07 bits per heavy atom. The van der Waals surface area contributed by atoms with Crippen molar-refractivity contribution in [1.29, 1.82) is 0 Å². The van der Waals surface area contributed by atoms with Crippen molar-refractivity contribution in [3.8, 4) is 5.75 Å². The highest BCUT2D eigenvalue weighted by Crippen LogP contribution is 2.31. The van der Waals surface area contributed by atoms with Crippen LogP contribution in [0.2, 0.25) is 0 Å². The zero-order valence-electron chi connectivity index (χ0n) is 16.3. The summed E-state index contributed by atoms with van der Waals surface area (Å²) in [5.41, 5.74) is 1.79. The number of hydrogen-bond acceptors (Lipinski definition) is 5. The maximum Gasteiger partial charge on any atom is 0.291 e. The third-order valence-corrected chi connectivity index (χ3v) is 5.37. The van der Waals surface area contributed by atoms with E-state index in [-0.39, 0.29) is 17.6 Å². The van der Waals surface area contributed by atoms with E-state index in [1.807, 2.05) is 18.2 Å². The van der Waals surface area contributed by atoms with Gasteiger partial charge in [-0.1, -0.05) is 24.3 Å². The summed E-state index contributed by atoms with van der Waals surface area (Å²) in [5, 5.41) is 3.82. The number of nitrogens with one attached hydrogen (secondary N) is 1. The van der Waals surface area contributed by atoms with Crippen molar-refractivity contribution in [2.75, 3.05) is 7.11 Å². The average molecular weight is 431 g/mol. The lowest BCUT2D eigenvalue weighted by Crippen LogP contribution is -2.30. The van der Waals surface area contributed by atoms with Gasteiger partial charge in [0, 0.05) is 5.39 Å². The highest BCUT2D eigenvalue weighted by Gasteiger charge is 2.20. The number of methoxy groups -OCH3 is 1. The highest BCUT2D eigenvalue weighted by molar-refractivity contribution is 7.99. The molecule has 0 bridgehead atoms. The number of amides is 1.